The second-order valence-electron chi connectivity index (χ2n) is 5.74. The predicted molar refractivity (Wildman–Crippen MR) is 55.4 cm³/mol. The normalized spacial score (nSPS) is 59.0. The lowest BCUT2D eigenvalue weighted by Crippen LogP contribution is -2.66. The van der Waals surface area contributed by atoms with Crippen molar-refractivity contribution in [3.63, 3.8) is 0 Å². The first-order chi connectivity index (χ1) is 7.52. The summed E-state index contributed by atoms with van der Waals surface area (Å²) in [7, 11) is 0. The minimum absolute atomic E-state index is 0.0435. The quantitative estimate of drug-likeness (QED) is 0.566. The van der Waals surface area contributed by atoms with Gasteiger partial charge in [0.25, 0.3) is 0 Å². The van der Waals surface area contributed by atoms with Crippen molar-refractivity contribution in [3.05, 3.63) is 0 Å². The molecule has 4 bridgehead atoms. The van der Waals surface area contributed by atoms with E-state index in [2.05, 4.69) is 0 Å². The van der Waals surface area contributed by atoms with Crippen molar-refractivity contribution < 1.29 is 20.1 Å². The largest absolute Gasteiger partial charge is 0.392 e. The Hall–Kier alpha value is -0.450. The van der Waals surface area contributed by atoms with Crippen LogP contribution in [0.5, 0.6) is 0 Å². The lowest BCUT2D eigenvalue weighted by Gasteiger charge is -2.60. The van der Waals surface area contributed by atoms with E-state index >= 15 is 0 Å². The predicted octanol–water partition coefficient (Wildman–Crippen LogP) is -0.440. The number of hydrogen-bond donors (Lipinski definition) is 3. The molecule has 4 heteroatoms. The lowest BCUT2D eigenvalue weighted by molar-refractivity contribution is -0.228. The van der Waals surface area contributed by atoms with E-state index in [0.29, 0.717) is 12.8 Å². The van der Waals surface area contributed by atoms with Gasteiger partial charge in [-0.1, -0.05) is 0 Å². The summed E-state index contributed by atoms with van der Waals surface area (Å²) in [6, 6.07) is 0. The summed E-state index contributed by atoms with van der Waals surface area (Å²) in [5.74, 6) is -0.483. The van der Waals surface area contributed by atoms with Gasteiger partial charge in [0.15, 0.2) is 0 Å². The summed E-state index contributed by atoms with van der Waals surface area (Å²) in [5, 5.41) is 30.2. The van der Waals surface area contributed by atoms with Crippen LogP contribution in [0, 0.1) is 29.6 Å². The number of carbonyl (C=O) groups excluding carboxylic acids is 1. The van der Waals surface area contributed by atoms with E-state index in [1.807, 2.05) is 0 Å². The smallest absolute Gasteiger partial charge is 0.133 e. The first kappa shape index (κ1) is 10.7. The zero-order valence-electron chi connectivity index (χ0n) is 9.28. The van der Waals surface area contributed by atoms with Gasteiger partial charge in [-0.2, -0.15) is 0 Å². The second kappa shape index (κ2) is 3.28. The Kier molecular flexibility index (Phi) is 2.19. The van der Waals surface area contributed by atoms with Crippen LogP contribution in [0.25, 0.3) is 0 Å². The highest BCUT2D eigenvalue weighted by Gasteiger charge is 2.61. The van der Waals surface area contributed by atoms with Gasteiger partial charge in [0.1, 0.15) is 5.78 Å². The molecule has 4 rings (SSSR count). The molecule has 4 aliphatic carbocycles. The van der Waals surface area contributed by atoms with E-state index in [1.165, 1.54) is 0 Å². The Morgan fingerprint density at radius 2 is 1.25 bits per heavy atom. The molecule has 4 saturated carbocycles. The van der Waals surface area contributed by atoms with Crippen LogP contribution in [0.1, 0.15) is 19.8 Å². The number of Topliss-reactive ketones (excluding diaryl/α,β-unsaturated/α-hetero) is 1. The molecule has 0 saturated heterocycles. The molecule has 0 spiro atoms. The maximum Gasteiger partial charge on any atom is 0.133 e. The van der Waals surface area contributed by atoms with Crippen molar-refractivity contribution in [2.45, 2.75) is 38.1 Å². The molecule has 90 valence electrons. The van der Waals surface area contributed by atoms with Gasteiger partial charge in [0.2, 0.25) is 0 Å². The highest BCUT2D eigenvalue weighted by atomic mass is 16.3. The fraction of sp³-hybridized carbons (Fsp3) is 0.917. The molecular formula is C12H18O4. The van der Waals surface area contributed by atoms with Crippen LogP contribution in [-0.4, -0.2) is 39.4 Å². The van der Waals surface area contributed by atoms with Gasteiger partial charge in [0.05, 0.1) is 18.3 Å². The van der Waals surface area contributed by atoms with Crippen LogP contribution in [0.15, 0.2) is 0 Å². The Bertz CT molecular complexity index is 305. The molecule has 4 fully saturated rings. The summed E-state index contributed by atoms with van der Waals surface area (Å²) in [4.78, 5) is 11.6. The first-order valence-electron chi connectivity index (χ1n) is 6.07. The molecule has 4 nitrogen and oxygen atoms in total. The van der Waals surface area contributed by atoms with E-state index in [4.69, 9.17) is 0 Å². The van der Waals surface area contributed by atoms with Crippen LogP contribution >= 0.6 is 0 Å². The topological polar surface area (TPSA) is 77.8 Å². The maximum atomic E-state index is 11.6. The third-order valence-corrected chi connectivity index (χ3v) is 5.11. The minimum Gasteiger partial charge on any atom is -0.392 e. The number of ketones is 1. The van der Waals surface area contributed by atoms with E-state index in [1.54, 1.807) is 6.92 Å². The lowest BCUT2D eigenvalue weighted by atomic mass is 9.48. The highest BCUT2D eigenvalue weighted by molar-refractivity contribution is 5.79. The van der Waals surface area contributed by atoms with E-state index < -0.39 is 18.3 Å². The number of rotatable bonds is 1. The average Bonchev–Trinajstić information content (AvgIpc) is 2.21. The standard InChI is InChI=1S/C12H18O4/c1-4(13)9-5-2-7-11(15)6(9)3-8(10(5)14)12(7)16/h5-12,14-16H,2-3H2,1H3. The summed E-state index contributed by atoms with van der Waals surface area (Å²) in [6.07, 6.45) is -0.556. The summed E-state index contributed by atoms with van der Waals surface area (Å²) < 4.78 is 0. The first-order valence-corrected chi connectivity index (χ1v) is 6.07. The molecule has 0 aromatic carbocycles. The van der Waals surface area contributed by atoms with Crippen molar-refractivity contribution in [2.75, 3.05) is 0 Å². The Morgan fingerprint density at radius 1 is 0.875 bits per heavy atom. The van der Waals surface area contributed by atoms with Gasteiger partial charge < -0.3 is 15.3 Å². The van der Waals surface area contributed by atoms with E-state index in [0.717, 1.165) is 0 Å². The van der Waals surface area contributed by atoms with Gasteiger partial charge in [-0.05, 0) is 31.6 Å². The monoisotopic (exact) mass is 226 g/mol. The molecular weight excluding hydrogens is 208 g/mol. The molecule has 6 atom stereocenters. The fourth-order valence-corrected chi connectivity index (χ4v) is 4.46. The number of aliphatic hydroxyl groups is 3. The zero-order chi connectivity index (χ0) is 11.6. The molecule has 3 N–H and O–H groups in total. The van der Waals surface area contributed by atoms with Crippen LogP contribution in [-0.2, 0) is 4.79 Å². The highest BCUT2D eigenvalue weighted by Crippen LogP contribution is 2.56. The minimum atomic E-state index is -0.592. The van der Waals surface area contributed by atoms with E-state index in [9.17, 15) is 20.1 Å². The van der Waals surface area contributed by atoms with Gasteiger partial charge in [0, 0.05) is 17.8 Å². The molecule has 0 amide bonds. The van der Waals surface area contributed by atoms with Crippen LogP contribution < -0.4 is 0 Å². The molecule has 0 radical (unpaired) electrons. The van der Waals surface area contributed by atoms with Gasteiger partial charge in [-0.3, -0.25) is 4.79 Å². The van der Waals surface area contributed by atoms with Crippen LogP contribution in [0.3, 0.4) is 0 Å². The summed E-state index contributed by atoms with van der Waals surface area (Å²) >= 11 is 0. The summed E-state index contributed by atoms with van der Waals surface area (Å²) in [6.45, 7) is 1.54. The molecule has 0 heterocycles. The molecule has 0 aromatic heterocycles. The molecule has 4 aliphatic rings. The van der Waals surface area contributed by atoms with Gasteiger partial charge >= 0.3 is 0 Å². The Labute approximate surface area is 94.3 Å². The van der Waals surface area contributed by atoms with Crippen molar-refractivity contribution in [3.8, 4) is 0 Å². The van der Waals surface area contributed by atoms with Crippen molar-refractivity contribution >= 4 is 5.78 Å². The number of hydrogen-bond acceptors (Lipinski definition) is 4. The Balaban J connectivity index is 1.98. The third kappa shape index (κ3) is 1.13. The zero-order valence-corrected chi connectivity index (χ0v) is 9.28. The molecule has 0 aliphatic heterocycles. The third-order valence-electron chi connectivity index (χ3n) is 5.11. The van der Waals surface area contributed by atoms with Gasteiger partial charge in [-0.15, -0.1) is 0 Å². The SMILES string of the molecule is CC(=O)C1C2CC3C(O)C(CC1C3O)C2O. The van der Waals surface area contributed by atoms with Crippen molar-refractivity contribution in [2.24, 2.45) is 29.6 Å². The number of aliphatic hydroxyl groups excluding tert-OH is 3. The van der Waals surface area contributed by atoms with Crippen LogP contribution in [0.2, 0.25) is 0 Å². The number of carbonyl (C=O) groups is 1. The average molecular weight is 226 g/mol. The van der Waals surface area contributed by atoms with E-state index in [-0.39, 0.29) is 35.4 Å². The summed E-state index contributed by atoms with van der Waals surface area (Å²) in [5.41, 5.74) is 0. The fourth-order valence-electron chi connectivity index (χ4n) is 4.46. The van der Waals surface area contributed by atoms with Crippen LogP contribution in [0.4, 0.5) is 0 Å². The molecule has 6 unspecified atom stereocenters. The molecule has 16 heavy (non-hydrogen) atoms. The molecule has 0 aromatic rings. The Morgan fingerprint density at radius 3 is 1.62 bits per heavy atom. The van der Waals surface area contributed by atoms with Gasteiger partial charge in [-0.25, -0.2) is 0 Å². The maximum absolute atomic E-state index is 11.6. The van der Waals surface area contributed by atoms with Crippen molar-refractivity contribution in [1.29, 1.82) is 0 Å². The second-order valence-corrected chi connectivity index (χ2v) is 5.74. The van der Waals surface area contributed by atoms with Crippen molar-refractivity contribution in [1.82, 2.24) is 0 Å².